The van der Waals surface area contributed by atoms with Crippen LogP contribution in [0.15, 0.2) is 12.1 Å². The molecule has 0 saturated carbocycles. The molecule has 2 rings (SSSR count). The molecule has 3 nitrogen and oxygen atoms in total. The quantitative estimate of drug-likeness (QED) is 0.871. The van der Waals surface area contributed by atoms with E-state index < -0.39 is 0 Å². The number of methoxy groups -OCH3 is 2. The number of ether oxygens (including phenoxy) is 2. The van der Waals surface area contributed by atoms with Crippen LogP contribution in [0, 0.1) is 11.7 Å². The maximum absolute atomic E-state index is 13.9. The zero-order chi connectivity index (χ0) is 12.3. The Bertz CT molecular complexity index is 389. The van der Waals surface area contributed by atoms with Crippen LogP contribution in [0.3, 0.4) is 0 Å². The van der Waals surface area contributed by atoms with E-state index in [1.165, 1.54) is 13.2 Å². The Balaban J connectivity index is 2.20. The van der Waals surface area contributed by atoms with Gasteiger partial charge in [-0.2, -0.15) is 0 Å². The highest BCUT2D eigenvalue weighted by Crippen LogP contribution is 2.31. The Morgan fingerprint density at radius 2 is 2.00 bits per heavy atom. The van der Waals surface area contributed by atoms with Crippen molar-refractivity contribution in [1.82, 2.24) is 5.32 Å². The molecule has 0 bridgehead atoms. The third kappa shape index (κ3) is 2.69. The summed E-state index contributed by atoms with van der Waals surface area (Å²) < 4.78 is 24.1. The maximum Gasteiger partial charge on any atom is 0.163 e. The molecule has 1 aliphatic rings. The van der Waals surface area contributed by atoms with Gasteiger partial charge in [0.2, 0.25) is 0 Å². The van der Waals surface area contributed by atoms with Gasteiger partial charge in [0.15, 0.2) is 11.5 Å². The number of rotatable bonds is 4. The van der Waals surface area contributed by atoms with E-state index in [4.69, 9.17) is 9.47 Å². The van der Waals surface area contributed by atoms with Crippen molar-refractivity contribution in [3.05, 3.63) is 23.5 Å². The van der Waals surface area contributed by atoms with Crippen LogP contribution in [0.25, 0.3) is 0 Å². The van der Waals surface area contributed by atoms with Gasteiger partial charge in [0.1, 0.15) is 5.82 Å². The Kier molecular flexibility index (Phi) is 3.84. The van der Waals surface area contributed by atoms with Crippen molar-refractivity contribution in [3.63, 3.8) is 0 Å². The zero-order valence-corrected chi connectivity index (χ0v) is 10.3. The van der Waals surface area contributed by atoms with Crippen LogP contribution in [0.5, 0.6) is 11.5 Å². The first kappa shape index (κ1) is 12.2. The summed E-state index contributed by atoms with van der Waals surface area (Å²) in [6.07, 6.45) is 1.85. The van der Waals surface area contributed by atoms with E-state index in [0.29, 0.717) is 23.0 Å². The van der Waals surface area contributed by atoms with Crippen molar-refractivity contribution in [2.75, 3.05) is 27.3 Å². The second kappa shape index (κ2) is 5.36. The van der Waals surface area contributed by atoms with Crippen molar-refractivity contribution in [2.45, 2.75) is 12.8 Å². The molecule has 1 aromatic carbocycles. The van der Waals surface area contributed by atoms with Gasteiger partial charge in [0.25, 0.3) is 0 Å². The molecule has 1 unspecified atom stereocenters. The third-order valence-electron chi connectivity index (χ3n) is 3.22. The lowest BCUT2D eigenvalue weighted by molar-refractivity contribution is 0.351. The predicted molar refractivity (Wildman–Crippen MR) is 64.2 cm³/mol. The first-order valence-corrected chi connectivity index (χ1v) is 5.85. The molecule has 1 saturated heterocycles. The van der Waals surface area contributed by atoms with Gasteiger partial charge in [-0.3, -0.25) is 0 Å². The van der Waals surface area contributed by atoms with Gasteiger partial charge in [0.05, 0.1) is 14.2 Å². The Morgan fingerprint density at radius 3 is 2.59 bits per heavy atom. The molecule has 1 atom stereocenters. The van der Waals surface area contributed by atoms with Crippen LogP contribution in [-0.2, 0) is 6.42 Å². The fourth-order valence-corrected chi connectivity index (χ4v) is 2.25. The van der Waals surface area contributed by atoms with Crippen molar-refractivity contribution < 1.29 is 13.9 Å². The molecule has 1 fully saturated rings. The monoisotopic (exact) mass is 239 g/mol. The van der Waals surface area contributed by atoms with Crippen molar-refractivity contribution in [2.24, 2.45) is 5.92 Å². The average molecular weight is 239 g/mol. The fraction of sp³-hybridized carbons (Fsp3) is 0.538. The van der Waals surface area contributed by atoms with Crippen molar-refractivity contribution in [1.29, 1.82) is 0 Å². The van der Waals surface area contributed by atoms with Crippen LogP contribution in [0.1, 0.15) is 12.0 Å². The molecule has 1 heterocycles. The number of hydrogen-bond acceptors (Lipinski definition) is 3. The van der Waals surface area contributed by atoms with Crippen molar-refractivity contribution >= 4 is 0 Å². The van der Waals surface area contributed by atoms with Crippen LogP contribution >= 0.6 is 0 Å². The van der Waals surface area contributed by atoms with Crippen LogP contribution in [-0.4, -0.2) is 27.3 Å². The predicted octanol–water partition coefficient (Wildman–Crippen LogP) is 1.99. The standard InChI is InChI=1S/C13H18FNO2/c1-16-12-6-10(5-9-3-4-15-8-9)11(14)7-13(12)17-2/h6-7,9,15H,3-5,8H2,1-2H3. The molecular formula is C13H18FNO2. The topological polar surface area (TPSA) is 30.5 Å². The van der Waals surface area contributed by atoms with E-state index >= 15 is 0 Å². The number of hydrogen-bond donors (Lipinski definition) is 1. The highest BCUT2D eigenvalue weighted by atomic mass is 19.1. The molecule has 94 valence electrons. The summed E-state index contributed by atoms with van der Waals surface area (Å²) in [6, 6.07) is 3.14. The van der Waals surface area contributed by atoms with Crippen LogP contribution < -0.4 is 14.8 Å². The minimum Gasteiger partial charge on any atom is -0.493 e. The van der Waals surface area contributed by atoms with E-state index in [2.05, 4.69) is 5.32 Å². The second-order valence-electron chi connectivity index (χ2n) is 4.36. The molecule has 0 spiro atoms. The van der Waals surface area contributed by atoms with E-state index in [9.17, 15) is 4.39 Å². The minimum atomic E-state index is -0.213. The first-order chi connectivity index (χ1) is 8.24. The lowest BCUT2D eigenvalue weighted by Gasteiger charge is -2.13. The molecular weight excluding hydrogens is 221 g/mol. The number of benzene rings is 1. The zero-order valence-electron chi connectivity index (χ0n) is 10.3. The average Bonchev–Trinajstić information content (AvgIpc) is 2.84. The van der Waals surface area contributed by atoms with Gasteiger partial charge in [0, 0.05) is 6.07 Å². The molecule has 0 radical (unpaired) electrons. The molecule has 4 heteroatoms. The normalized spacial score (nSPS) is 19.4. The molecule has 1 aliphatic heterocycles. The van der Waals surface area contributed by atoms with E-state index in [0.717, 1.165) is 25.9 Å². The van der Waals surface area contributed by atoms with E-state index in [-0.39, 0.29) is 5.82 Å². The summed E-state index contributed by atoms with van der Waals surface area (Å²) in [7, 11) is 3.08. The largest absolute Gasteiger partial charge is 0.493 e. The highest BCUT2D eigenvalue weighted by Gasteiger charge is 2.18. The SMILES string of the molecule is COc1cc(F)c(CC2CCNC2)cc1OC. The van der Waals surface area contributed by atoms with Gasteiger partial charge < -0.3 is 14.8 Å². The number of halogens is 1. The van der Waals surface area contributed by atoms with E-state index in [1.54, 1.807) is 13.2 Å². The summed E-state index contributed by atoms with van der Waals surface area (Å²) in [5.41, 5.74) is 0.705. The fourth-order valence-electron chi connectivity index (χ4n) is 2.25. The maximum atomic E-state index is 13.9. The van der Waals surface area contributed by atoms with Crippen LogP contribution in [0.2, 0.25) is 0 Å². The Labute approximate surface area is 101 Å². The smallest absolute Gasteiger partial charge is 0.163 e. The Hall–Kier alpha value is -1.29. The molecule has 0 aromatic heterocycles. The van der Waals surface area contributed by atoms with E-state index in [1.807, 2.05) is 0 Å². The van der Waals surface area contributed by atoms with Gasteiger partial charge >= 0.3 is 0 Å². The van der Waals surface area contributed by atoms with Gasteiger partial charge in [-0.05, 0) is 43.5 Å². The third-order valence-corrected chi connectivity index (χ3v) is 3.22. The lowest BCUT2D eigenvalue weighted by atomic mass is 9.98. The lowest BCUT2D eigenvalue weighted by Crippen LogP contribution is -2.11. The highest BCUT2D eigenvalue weighted by molar-refractivity contribution is 5.43. The summed E-state index contributed by atoms with van der Waals surface area (Å²) in [5.74, 6) is 1.34. The molecule has 1 aromatic rings. The molecule has 0 amide bonds. The summed E-state index contributed by atoms with van der Waals surface area (Å²) in [4.78, 5) is 0. The molecule has 17 heavy (non-hydrogen) atoms. The van der Waals surface area contributed by atoms with Gasteiger partial charge in [-0.1, -0.05) is 0 Å². The van der Waals surface area contributed by atoms with Crippen LogP contribution in [0.4, 0.5) is 4.39 Å². The Morgan fingerprint density at radius 1 is 1.29 bits per heavy atom. The van der Waals surface area contributed by atoms with Gasteiger partial charge in [-0.25, -0.2) is 4.39 Å². The summed E-state index contributed by atoms with van der Waals surface area (Å²) in [5, 5.41) is 3.28. The minimum absolute atomic E-state index is 0.213. The number of nitrogens with one attached hydrogen (secondary N) is 1. The summed E-state index contributed by atoms with van der Waals surface area (Å²) >= 11 is 0. The van der Waals surface area contributed by atoms with Gasteiger partial charge in [-0.15, -0.1) is 0 Å². The molecule has 1 N–H and O–H groups in total. The molecule has 0 aliphatic carbocycles. The van der Waals surface area contributed by atoms with Crippen molar-refractivity contribution in [3.8, 4) is 11.5 Å². The second-order valence-corrected chi connectivity index (χ2v) is 4.36. The first-order valence-electron chi connectivity index (χ1n) is 5.85. The summed E-state index contributed by atoms with van der Waals surface area (Å²) in [6.45, 7) is 1.99.